The van der Waals surface area contributed by atoms with Gasteiger partial charge in [0.2, 0.25) is 0 Å². The van der Waals surface area contributed by atoms with E-state index in [1.54, 1.807) is 12.3 Å². The van der Waals surface area contributed by atoms with Gasteiger partial charge in [-0.2, -0.15) is 5.10 Å². The molecule has 2 aromatic heterocycles. The number of aldehydes is 1. The number of hydrogen-bond acceptors (Lipinski definition) is 3. The van der Waals surface area contributed by atoms with E-state index in [1.807, 2.05) is 6.07 Å². The molecule has 1 aliphatic rings. The molecule has 0 N–H and O–H groups in total. The third kappa shape index (κ3) is 1.97. The van der Waals surface area contributed by atoms with Crippen molar-refractivity contribution in [3.05, 3.63) is 39.2 Å². The quantitative estimate of drug-likeness (QED) is 0.813. The third-order valence-corrected chi connectivity index (χ3v) is 3.74. The van der Waals surface area contributed by atoms with Gasteiger partial charge in [-0.15, -0.1) is 0 Å². The van der Waals surface area contributed by atoms with Crippen molar-refractivity contribution in [2.75, 3.05) is 0 Å². The van der Waals surface area contributed by atoms with Gasteiger partial charge in [-0.3, -0.25) is 4.79 Å². The number of carbonyl (C=O) groups excluding carboxylic acids is 1. The Hall–Kier alpha value is -1.20. The largest absolute Gasteiger partial charge is 0.298 e. The molecule has 0 spiro atoms. The van der Waals surface area contributed by atoms with E-state index in [0.717, 1.165) is 29.3 Å². The van der Waals surface area contributed by atoms with Gasteiger partial charge in [0.05, 0.1) is 11.3 Å². The van der Waals surface area contributed by atoms with E-state index >= 15 is 0 Å². The van der Waals surface area contributed by atoms with Crippen molar-refractivity contribution >= 4 is 33.8 Å². The zero-order valence-electron chi connectivity index (χ0n) is 9.31. The fourth-order valence-corrected chi connectivity index (χ4v) is 2.34. The molecule has 0 unspecified atom stereocenters. The lowest BCUT2D eigenvalue weighted by Gasteiger charge is -2.01. The monoisotopic (exact) mass is 325 g/mol. The summed E-state index contributed by atoms with van der Waals surface area (Å²) in [6, 6.07) is 3.66. The summed E-state index contributed by atoms with van der Waals surface area (Å²) in [5.74, 6) is 0.984. The van der Waals surface area contributed by atoms with E-state index in [4.69, 9.17) is 11.6 Å². The molecule has 0 bridgehead atoms. The van der Waals surface area contributed by atoms with Crippen molar-refractivity contribution in [3.8, 4) is 5.82 Å². The fourth-order valence-electron chi connectivity index (χ4n) is 1.84. The number of hydrogen-bond donors (Lipinski definition) is 0. The number of halogens is 2. The highest BCUT2D eigenvalue weighted by molar-refractivity contribution is 9.10. The highest BCUT2D eigenvalue weighted by atomic mass is 79.9. The first-order valence-electron chi connectivity index (χ1n) is 5.56. The minimum absolute atomic E-state index is 0.335. The van der Waals surface area contributed by atoms with Crippen LogP contribution >= 0.6 is 27.5 Å². The Kier molecular flexibility index (Phi) is 2.95. The molecule has 1 aliphatic carbocycles. The molecular weight excluding hydrogens is 318 g/mol. The highest BCUT2D eigenvalue weighted by Gasteiger charge is 2.31. The van der Waals surface area contributed by atoms with Crippen LogP contribution in [0.4, 0.5) is 0 Å². The van der Waals surface area contributed by atoms with Gasteiger partial charge < -0.3 is 0 Å². The first kappa shape index (κ1) is 11.9. The average Bonchev–Trinajstić information content (AvgIpc) is 3.15. The lowest BCUT2D eigenvalue weighted by Crippen LogP contribution is -1.99. The van der Waals surface area contributed by atoms with Gasteiger partial charge in [0.1, 0.15) is 5.15 Å². The molecule has 0 aromatic carbocycles. The van der Waals surface area contributed by atoms with Gasteiger partial charge in [-0.25, -0.2) is 9.67 Å². The summed E-state index contributed by atoms with van der Waals surface area (Å²) in [7, 11) is 0. The summed E-state index contributed by atoms with van der Waals surface area (Å²) in [5, 5.41) is 4.75. The summed E-state index contributed by atoms with van der Waals surface area (Å²) in [6.07, 6.45) is 4.59. The van der Waals surface area contributed by atoms with Crippen LogP contribution in [0.25, 0.3) is 5.82 Å². The topological polar surface area (TPSA) is 47.8 Å². The Morgan fingerprint density at radius 1 is 1.44 bits per heavy atom. The van der Waals surface area contributed by atoms with Crippen LogP contribution in [-0.4, -0.2) is 21.1 Å². The maximum absolute atomic E-state index is 11.1. The number of nitrogens with zero attached hydrogens (tertiary/aromatic N) is 3. The standard InChI is InChI=1S/C12H9BrClN3O/c13-8-3-4-10(15-5-8)17-12(14)9(6-18)11(16-17)7-1-2-7/h3-7H,1-2H2. The van der Waals surface area contributed by atoms with E-state index in [9.17, 15) is 4.79 Å². The minimum Gasteiger partial charge on any atom is -0.298 e. The molecule has 0 aliphatic heterocycles. The summed E-state index contributed by atoms with van der Waals surface area (Å²) in [4.78, 5) is 15.3. The lowest BCUT2D eigenvalue weighted by atomic mass is 10.2. The minimum atomic E-state index is 0.335. The van der Waals surface area contributed by atoms with Crippen molar-refractivity contribution in [1.29, 1.82) is 0 Å². The Morgan fingerprint density at radius 2 is 2.22 bits per heavy atom. The predicted octanol–water partition coefficient (Wildman–Crippen LogP) is 3.37. The molecule has 2 heterocycles. The van der Waals surface area contributed by atoms with Gasteiger partial charge >= 0.3 is 0 Å². The van der Waals surface area contributed by atoms with Crippen molar-refractivity contribution in [1.82, 2.24) is 14.8 Å². The second-order valence-electron chi connectivity index (χ2n) is 4.23. The molecule has 1 fully saturated rings. The van der Waals surface area contributed by atoms with E-state index < -0.39 is 0 Å². The van der Waals surface area contributed by atoms with E-state index in [1.165, 1.54) is 4.68 Å². The highest BCUT2D eigenvalue weighted by Crippen LogP contribution is 2.42. The molecule has 0 atom stereocenters. The van der Waals surface area contributed by atoms with Crippen molar-refractivity contribution in [3.63, 3.8) is 0 Å². The van der Waals surface area contributed by atoms with Gasteiger partial charge in [0.25, 0.3) is 0 Å². The van der Waals surface area contributed by atoms with Crippen LogP contribution in [0.15, 0.2) is 22.8 Å². The van der Waals surface area contributed by atoms with Gasteiger partial charge in [-0.05, 0) is 40.9 Å². The molecule has 0 amide bonds. The molecule has 18 heavy (non-hydrogen) atoms. The second-order valence-corrected chi connectivity index (χ2v) is 5.50. The zero-order valence-corrected chi connectivity index (χ0v) is 11.6. The molecule has 92 valence electrons. The molecule has 4 nitrogen and oxygen atoms in total. The Bertz CT molecular complexity index is 605. The van der Waals surface area contributed by atoms with Crippen LogP contribution in [0.3, 0.4) is 0 Å². The predicted molar refractivity (Wildman–Crippen MR) is 71.4 cm³/mol. The number of pyridine rings is 1. The molecule has 1 saturated carbocycles. The smallest absolute Gasteiger partial charge is 0.155 e. The van der Waals surface area contributed by atoms with Gasteiger partial charge in [-0.1, -0.05) is 11.6 Å². The summed E-state index contributed by atoms with van der Waals surface area (Å²) >= 11 is 9.52. The Morgan fingerprint density at radius 3 is 2.78 bits per heavy atom. The van der Waals surface area contributed by atoms with Crippen LogP contribution in [0.1, 0.15) is 34.8 Å². The van der Waals surface area contributed by atoms with Crippen molar-refractivity contribution < 1.29 is 4.79 Å². The average molecular weight is 327 g/mol. The molecule has 6 heteroatoms. The Balaban J connectivity index is 2.11. The number of rotatable bonds is 3. The number of carbonyl (C=O) groups is 1. The van der Waals surface area contributed by atoms with Crippen LogP contribution in [-0.2, 0) is 0 Å². The number of aromatic nitrogens is 3. The van der Waals surface area contributed by atoms with Gasteiger partial charge in [0, 0.05) is 16.6 Å². The molecule has 0 radical (unpaired) electrons. The van der Waals surface area contributed by atoms with Crippen LogP contribution < -0.4 is 0 Å². The SMILES string of the molecule is O=Cc1c(C2CC2)nn(-c2ccc(Br)cn2)c1Cl. The van der Waals surface area contributed by atoms with Crippen LogP contribution in [0, 0.1) is 0 Å². The summed E-state index contributed by atoms with van der Waals surface area (Å²) < 4.78 is 2.40. The summed E-state index contributed by atoms with van der Waals surface area (Å²) in [6.45, 7) is 0. The van der Waals surface area contributed by atoms with Crippen LogP contribution in [0.2, 0.25) is 5.15 Å². The molecule has 2 aromatic rings. The first-order valence-corrected chi connectivity index (χ1v) is 6.73. The lowest BCUT2D eigenvalue weighted by molar-refractivity contribution is 0.112. The molecule has 3 rings (SSSR count). The second kappa shape index (κ2) is 4.48. The third-order valence-electron chi connectivity index (χ3n) is 2.90. The summed E-state index contributed by atoms with van der Waals surface area (Å²) in [5.41, 5.74) is 1.28. The zero-order chi connectivity index (χ0) is 12.7. The van der Waals surface area contributed by atoms with E-state index in [-0.39, 0.29) is 0 Å². The first-order chi connectivity index (χ1) is 8.70. The van der Waals surface area contributed by atoms with Crippen LogP contribution in [0.5, 0.6) is 0 Å². The van der Waals surface area contributed by atoms with Gasteiger partial charge in [0.15, 0.2) is 12.1 Å². The van der Waals surface area contributed by atoms with Crippen molar-refractivity contribution in [2.45, 2.75) is 18.8 Å². The normalized spacial score (nSPS) is 14.8. The Labute approximate surface area is 117 Å². The van der Waals surface area contributed by atoms with E-state index in [0.29, 0.717) is 22.5 Å². The fraction of sp³-hybridized carbons (Fsp3) is 0.250. The maximum Gasteiger partial charge on any atom is 0.155 e. The molecule has 0 saturated heterocycles. The van der Waals surface area contributed by atoms with E-state index in [2.05, 4.69) is 26.0 Å². The maximum atomic E-state index is 11.1. The van der Waals surface area contributed by atoms with Crippen molar-refractivity contribution in [2.24, 2.45) is 0 Å². The molecular formula is C12H9BrClN3O.